The Balaban J connectivity index is 3.91. The Kier molecular flexibility index (Phi) is 3.76. The highest BCUT2D eigenvalue weighted by Gasteiger charge is 1.87. The lowest BCUT2D eigenvalue weighted by Gasteiger charge is -1.99. The van der Waals surface area contributed by atoms with Crippen LogP contribution in [-0.2, 0) is 4.79 Å². The summed E-state index contributed by atoms with van der Waals surface area (Å²) in [6.07, 6.45) is 2.76. The van der Waals surface area contributed by atoms with Crippen LogP contribution in [0.15, 0.2) is 11.6 Å². The lowest BCUT2D eigenvalue weighted by Crippen LogP contribution is -2.19. The molecular formula is C7H11O2-. The molecule has 0 rings (SSSR count). The molecule has 0 aromatic heterocycles. The van der Waals surface area contributed by atoms with Crippen molar-refractivity contribution in [3.63, 3.8) is 0 Å². The van der Waals surface area contributed by atoms with Crippen LogP contribution in [0.5, 0.6) is 0 Å². The summed E-state index contributed by atoms with van der Waals surface area (Å²) in [6.45, 7) is 3.86. The zero-order valence-electron chi connectivity index (χ0n) is 5.81. The molecule has 9 heavy (non-hydrogen) atoms. The number of carbonyl (C=O) groups excluding carboxylic acids is 1. The Hall–Kier alpha value is -0.790. The van der Waals surface area contributed by atoms with Crippen molar-refractivity contribution in [2.24, 2.45) is 0 Å². The van der Waals surface area contributed by atoms with Gasteiger partial charge in [-0.05, 0) is 18.9 Å². The summed E-state index contributed by atoms with van der Waals surface area (Å²) >= 11 is 0. The summed E-state index contributed by atoms with van der Waals surface area (Å²) < 4.78 is 0. The van der Waals surface area contributed by atoms with Crippen molar-refractivity contribution in [3.05, 3.63) is 11.6 Å². The van der Waals surface area contributed by atoms with E-state index < -0.39 is 5.97 Å². The van der Waals surface area contributed by atoms with Gasteiger partial charge in [-0.25, -0.2) is 0 Å². The molecule has 0 radical (unpaired) electrons. The minimum Gasteiger partial charge on any atom is -0.545 e. The van der Waals surface area contributed by atoms with Gasteiger partial charge in [0.05, 0.1) is 5.97 Å². The third-order valence-corrected chi connectivity index (χ3v) is 1.23. The SMILES string of the molecule is CCC(=CC(=O)[O-])CC. The lowest BCUT2D eigenvalue weighted by atomic mass is 10.1. The van der Waals surface area contributed by atoms with Crippen LogP contribution in [0, 0.1) is 0 Å². The maximum atomic E-state index is 9.94. The van der Waals surface area contributed by atoms with Gasteiger partial charge in [-0.1, -0.05) is 19.4 Å². The third kappa shape index (κ3) is 3.76. The molecule has 0 unspecified atom stereocenters. The van der Waals surface area contributed by atoms with Gasteiger partial charge in [-0.2, -0.15) is 0 Å². The molecule has 0 spiro atoms. The van der Waals surface area contributed by atoms with E-state index in [1.54, 1.807) is 0 Å². The van der Waals surface area contributed by atoms with Gasteiger partial charge in [-0.3, -0.25) is 0 Å². The molecular weight excluding hydrogens is 116 g/mol. The minimum absolute atomic E-state index is 0.796. The van der Waals surface area contributed by atoms with E-state index in [0.29, 0.717) is 0 Å². The second kappa shape index (κ2) is 4.13. The van der Waals surface area contributed by atoms with Gasteiger partial charge in [0.1, 0.15) is 0 Å². The summed E-state index contributed by atoms with van der Waals surface area (Å²) in [4.78, 5) is 9.94. The lowest BCUT2D eigenvalue weighted by molar-refractivity contribution is -0.297. The highest BCUT2D eigenvalue weighted by Crippen LogP contribution is 2.03. The molecule has 2 nitrogen and oxygen atoms in total. The van der Waals surface area contributed by atoms with Gasteiger partial charge in [0, 0.05) is 0 Å². The highest BCUT2D eigenvalue weighted by molar-refractivity contribution is 5.78. The molecule has 0 saturated carbocycles. The highest BCUT2D eigenvalue weighted by atomic mass is 16.4. The Labute approximate surface area is 55.2 Å². The molecule has 0 saturated heterocycles. The average molecular weight is 127 g/mol. The molecule has 0 fully saturated rings. The first-order chi connectivity index (χ1) is 4.20. The summed E-state index contributed by atoms with van der Waals surface area (Å²) in [7, 11) is 0. The fourth-order valence-electron chi connectivity index (χ4n) is 0.621. The molecule has 0 aliphatic carbocycles. The Morgan fingerprint density at radius 1 is 1.44 bits per heavy atom. The van der Waals surface area contributed by atoms with E-state index in [-0.39, 0.29) is 0 Å². The van der Waals surface area contributed by atoms with Crippen molar-refractivity contribution in [3.8, 4) is 0 Å². The van der Waals surface area contributed by atoms with E-state index in [9.17, 15) is 9.90 Å². The topological polar surface area (TPSA) is 40.1 Å². The number of carboxylic acid groups (broad SMARTS) is 1. The van der Waals surface area contributed by atoms with E-state index in [4.69, 9.17) is 0 Å². The summed E-state index contributed by atoms with van der Waals surface area (Å²) in [5, 5.41) is 9.94. The Morgan fingerprint density at radius 2 is 1.89 bits per heavy atom. The maximum Gasteiger partial charge on any atom is 0.0642 e. The molecule has 0 N–H and O–H groups in total. The first-order valence-corrected chi connectivity index (χ1v) is 3.11. The molecule has 0 heterocycles. The normalized spacial score (nSPS) is 8.67. The molecule has 0 aliphatic rings. The molecule has 0 aliphatic heterocycles. The standard InChI is InChI=1S/C7H12O2/c1-3-6(4-2)5-7(8)9/h5H,3-4H2,1-2H3,(H,8,9)/p-1. The quantitative estimate of drug-likeness (QED) is 0.517. The molecule has 0 atom stereocenters. The van der Waals surface area contributed by atoms with Crippen LogP contribution in [0.3, 0.4) is 0 Å². The smallest absolute Gasteiger partial charge is 0.0642 e. The van der Waals surface area contributed by atoms with Gasteiger partial charge in [-0.15, -0.1) is 0 Å². The second-order valence-electron chi connectivity index (χ2n) is 1.83. The molecule has 0 amide bonds. The molecule has 2 heteroatoms. The van der Waals surface area contributed by atoms with Crippen molar-refractivity contribution in [2.75, 3.05) is 0 Å². The first-order valence-electron chi connectivity index (χ1n) is 3.11. The summed E-state index contributed by atoms with van der Waals surface area (Å²) in [5.41, 5.74) is 0.926. The average Bonchev–Trinajstić information content (AvgIpc) is 1.82. The van der Waals surface area contributed by atoms with Crippen LogP contribution in [0.2, 0.25) is 0 Å². The Morgan fingerprint density at radius 3 is 2.00 bits per heavy atom. The monoisotopic (exact) mass is 127 g/mol. The zero-order chi connectivity index (χ0) is 7.28. The number of carbonyl (C=O) groups is 1. The second-order valence-corrected chi connectivity index (χ2v) is 1.83. The van der Waals surface area contributed by atoms with Crippen LogP contribution in [0.1, 0.15) is 26.7 Å². The number of aliphatic carboxylic acids is 1. The molecule has 0 aromatic rings. The van der Waals surface area contributed by atoms with Crippen molar-refractivity contribution in [2.45, 2.75) is 26.7 Å². The van der Waals surface area contributed by atoms with E-state index in [2.05, 4.69) is 0 Å². The number of carboxylic acids is 1. The van der Waals surface area contributed by atoms with Crippen LogP contribution in [-0.4, -0.2) is 5.97 Å². The van der Waals surface area contributed by atoms with Crippen LogP contribution >= 0.6 is 0 Å². The van der Waals surface area contributed by atoms with Crippen LogP contribution in [0.4, 0.5) is 0 Å². The zero-order valence-corrected chi connectivity index (χ0v) is 5.81. The van der Waals surface area contributed by atoms with Gasteiger partial charge < -0.3 is 9.90 Å². The van der Waals surface area contributed by atoms with Crippen molar-refractivity contribution < 1.29 is 9.90 Å². The summed E-state index contributed by atoms with van der Waals surface area (Å²) in [5.74, 6) is -1.09. The number of rotatable bonds is 3. The van der Waals surface area contributed by atoms with E-state index in [0.717, 1.165) is 18.4 Å². The number of allylic oxidation sites excluding steroid dienone is 1. The largest absolute Gasteiger partial charge is 0.545 e. The van der Waals surface area contributed by atoms with Crippen molar-refractivity contribution in [1.82, 2.24) is 0 Å². The minimum atomic E-state index is -1.09. The molecule has 0 bridgehead atoms. The predicted octanol–water partition coefficient (Wildman–Crippen LogP) is 0.483. The Bertz CT molecular complexity index is 119. The van der Waals surface area contributed by atoms with Gasteiger partial charge in [0.2, 0.25) is 0 Å². The third-order valence-electron chi connectivity index (χ3n) is 1.23. The van der Waals surface area contributed by atoms with Gasteiger partial charge in [0.15, 0.2) is 0 Å². The van der Waals surface area contributed by atoms with E-state index >= 15 is 0 Å². The van der Waals surface area contributed by atoms with Gasteiger partial charge >= 0.3 is 0 Å². The number of hydrogen-bond acceptors (Lipinski definition) is 2. The fraction of sp³-hybridized carbons (Fsp3) is 0.571. The van der Waals surface area contributed by atoms with Crippen molar-refractivity contribution >= 4 is 5.97 Å². The molecule has 0 aromatic carbocycles. The first kappa shape index (κ1) is 8.21. The van der Waals surface area contributed by atoms with Crippen LogP contribution in [0.25, 0.3) is 0 Å². The van der Waals surface area contributed by atoms with Gasteiger partial charge in [0.25, 0.3) is 0 Å². The predicted molar refractivity (Wildman–Crippen MR) is 33.7 cm³/mol. The number of hydrogen-bond donors (Lipinski definition) is 0. The maximum absolute atomic E-state index is 9.94. The van der Waals surface area contributed by atoms with E-state index in [1.807, 2.05) is 13.8 Å². The fourth-order valence-corrected chi connectivity index (χ4v) is 0.621. The summed E-state index contributed by atoms with van der Waals surface area (Å²) in [6, 6.07) is 0. The van der Waals surface area contributed by atoms with E-state index in [1.165, 1.54) is 6.08 Å². The van der Waals surface area contributed by atoms with Crippen molar-refractivity contribution in [1.29, 1.82) is 0 Å². The van der Waals surface area contributed by atoms with Crippen LogP contribution < -0.4 is 5.11 Å². The molecule has 52 valence electrons.